The fourth-order valence-electron chi connectivity index (χ4n) is 2.97. The zero-order valence-corrected chi connectivity index (χ0v) is 12.9. The molecule has 1 saturated heterocycles. The van der Waals surface area contributed by atoms with Crippen LogP contribution in [0.15, 0.2) is 18.2 Å². The van der Waals surface area contributed by atoms with Gasteiger partial charge in [-0.2, -0.15) is 0 Å². The number of likely N-dealkylation sites (tertiary alicyclic amines) is 1. The van der Waals surface area contributed by atoms with Crippen LogP contribution in [0.2, 0.25) is 0 Å². The highest BCUT2D eigenvalue weighted by molar-refractivity contribution is 5.38. The average Bonchev–Trinajstić information content (AvgIpc) is 2.64. The summed E-state index contributed by atoms with van der Waals surface area (Å²) >= 11 is 0. The van der Waals surface area contributed by atoms with Crippen LogP contribution in [-0.2, 0) is 6.54 Å². The lowest BCUT2D eigenvalue weighted by Crippen LogP contribution is -2.32. The largest absolute Gasteiger partial charge is 0.496 e. The Balaban J connectivity index is 2.19. The smallest absolute Gasteiger partial charge is 0.123 e. The zero-order chi connectivity index (χ0) is 14.5. The zero-order valence-electron chi connectivity index (χ0n) is 12.9. The van der Waals surface area contributed by atoms with E-state index < -0.39 is 6.10 Å². The van der Waals surface area contributed by atoms with Crippen LogP contribution in [0.5, 0.6) is 5.75 Å². The van der Waals surface area contributed by atoms with Gasteiger partial charge in [0.1, 0.15) is 5.75 Å². The van der Waals surface area contributed by atoms with Gasteiger partial charge in [0.2, 0.25) is 0 Å². The molecule has 1 aromatic carbocycles. The summed E-state index contributed by atoms with van der Waals surface area (Å²) in [7, 11) is 1.72. The Labute approximate surface area is 122 Å². The number of nitrogens with zero attached hydrogens (tertiary/aromatic N) is 1. The third-order valence-electron chi connectivity index (χ3n) is 4.35. The highest BCUT2D eigenvalue weighted by atomic mass is 16.5. The van der Waals surface area contributed by atoms with Crippen molar-refractivity contribution in [3.05, 3.63) is 29.3 Å². The van der Waals surface area contributed by atoms with Crippen molar-refractivity contribution in [1.82, 2.24) is 4.90 Å². The molecular weight excluding hydrogens is 250 g/mol. The second-order valence-electron chi connectivity index (χ2n) is 5.92. The SMILES string of the molecule is COc1ccc(C(C)O)cc1CN1CCCCCC1C. The summed E-state index contributed by atoms with van der Waals surface area (Å²) in [5.74, 6) is 0.922. The molecule has 3 nitrogen and oxygen atoms in total. The summed E-state index contributed by atoms with van der Waals surface area (Å²) in [5, 5.41) is 9.76. The first-order valence-corrected chi connectivity index (χ1v) is 7.70. The number of rotatable bonds is 4. The van der Waals surface area contributed by atoms with E-state index in [1.54, 1.807) is 14.0 Å². The van der Waals surface area contributed by atoms with Crippen LogP contribution in [-0.4, -0.2) is 29.7 Å². The van der Waals surface area contributed by atoms with Crippen LogP contribution in [0.1, 0.15) is 56.8 Å². The molecule has 1 heterocycles. The maximum absolute atomic E-state index is 9.76. The number of methoxy groups -OCH3 is 1. The quantitative estimate of drug-likeness (QED) is 0.914. The van der Waals surface area contributed by atoms with Gasteiger partial charge < -0.3 is 9.84 Å². The molecule has 0 aromatic heterocycles. The first kappa shape index (κ1) is 15.3. The summed E-state index contributed by atoms with van der Waals surface area (Å²) in [6.45, 7) is 6.19. The van der Waals surface area contributed by atoms with Crippen LogP contribution in [0.3, 0.4) is 0 Å². The molecule has 0 aliphatic carbocycles. The molecule has 0 radical (unpaired) electrons. The Morgan fingerprint density at radius 1 is 1.35 bits per heavy atom. The first-order valence-electron chi connectivity index (χ1n) is 7.70. The number of hydrogen-bond donors (Lipinski definition) is 1. The second kappa shape index (κ2) is 7.09. The normalized spacial score (nSPS) is 22.3. The molecule has 3 heteroatoms. The first-order chi connectivity index (χ1) is 9.61. The molecule has 2 rings (SSSR count). The molecular formula is C17H27NO2. The summed E-state index contributed by atoms with van der Waals surface area (Å²) in [4.78, 5) is 2.54. The van der Waals surface area contributed by atoms with Gasteiger partial charge in [0.25, 0.3) is 0 Å². The van der Waals surface area contributed by atoms with Crippen molar-refractivity contribution in [2.45, 2.75) is 58.2 Å². The Morgan fingerprint density at radius 2 is 2.15 bits per heavy atom. The molecule has 0 spiro atoms. The molecule has 20 heavy (non-hydrogen) atoms. The highest BCUT2D eigenvalue weighted by Gasteiger charge is 2.19. The summed E-state index contributed by atoms with van der Waals surface area (Å²) in [6.07, 6.45) is 4.80. The number of benzene rings is 1. The topological polar surface area (TPSA) is 32.7 Å². The van der Waals surface area contributed by atoms with Crippen molar-refractivity contribution in [2.24, 2.45) is 0 Å². The minimum Gasteiger partial charge on any atom is -0.496 e. The monoisotopic (exact) mass is 277 g/mol. The Bertz CT molecular complexity index is 431. The maximum Gasteiger partial charge on any atom is 0.123 e. The summed E-state index contributed by atoms with van der Waals surface area (Å²) < 4.78 is 5.48. The van der Waals surface area contributed by atoms with Gasteiger partial charge in [-0.25, -0.2) is 0 Å². The van der Waals surface area contributed by atoms with Gasteiger partial charge in [0.05, 0.1) is 13.2 Å². The molecule has 1 aliphatic heterocycles. The van der Waals surface area contributed by atoms with Crippen molar-refractivity contribution in [2.75, 3.05) is 13.7 Å². The van der Waals surface area contributed by atoms with Gasteiger partial charge in [-0.3, -0.25) is 4.90 Å². The lowest BCUT2D eigenvalue weighted by molar-refractivity contribution is 0.195. The molecule has 0 amide bonds. The third-order valence-corrected chi connectivity index (χ3v) is 4.35. The van der Waals surface area contributed by atoms with E-state index in [1.807, 2.05) is 12.1 Å². The van der Waals surface area contributed by atoms with Gasteiger partial charge in [-0.1, -0.05) is 18.9 Å². The molecule has 0 saturated carbocycles. The molecule has 1 aromatic rings. The standard InChI is InChI=1S/C17H27NO2/c1-13-7-5-4-6-10-18(13)12-16-11-15(14(2)19)8-9-17(16)20-3/h8-9,11,13-14,19H,4-7,10,12H2,1-3H3. The Kier molecular flexibility index (Phi) is 5.44. The molecule has 1 N–H and O–H groups in total. The molecule has 1 fully saturated rings. The van der Waals surface area contributed by atoms with Crippen molar-refractivity contribution in [1.29, 1.82) is 0 Å². The van der Waals surface area contributed by atoms with Crippen LogP contribution < -0.4 is 4.74 Å². The fourth-order valence-corrected chi connectivity index (χ4v) is 2.97. The van der Waals surface area contributed by atoms with Crippen molar-refractivity contribution < 1.29 is 9.84 Å². The van der Waals surface area contributed by atoms with E-state index in [-0.39, 0.29) is 0 Å². The van der Waals surface area contributed by atoms with Gasteiger partial charge in [-0.05, 0) is 50.9 Å². The van der Waals surface area contributed by atoms with Gasteiger partial charge >= 0.3 is 0 Å². The second-order valence-corrected chi connectivity index (χ2v) is 5.92. The van der Waals surface area contributed by atoms with E-state index >= 15 is 0 Å². The van der Waals surface area contributed by atoms with E-state index in [0.717, 1.165) is 24.4 Å². The van der Waals surface area contributed by atoms with Crippen LogP contribution in [0.25, 0.3) is 0 Å². The van der Waals surface area contributed by atoms with E-state index in [2.05, 4.69) is 17.9 Å². The van der Waals surface area contributed by atoms with E-state index in [1.165, 1.54) is 31.2 Å². The van der Waals surface area contributed by atoms with Crippen molar-refractivity contribution in [3.8, 4) is 5.75 Å². The molecule has 2 atom stereocenters. The molecule has 112 valence electrons. The number of aliphatic hydroxyl groups is 1. The number of aliphatic hydroxyl groups excluding tert-OH is 1. The minimum absolute atomic E-state index is 0.429. The van der Waals surface area contributed by atoms with Gasteiger partial charge in [0.15, 0.2) is 0 Å². The summed E-state index contributed by atoms with van der Waals surface area (Å²) in [6, 6.07) is 6.62. The summed E-state index contributed by atoms with van der Waals surface area (Å²) in [5.41, 5.74) is 2.14. The third kappa shape index (κ3) is 3.74. The van der Waals surface area contributed by atoms with Gasteiger partial charge in [-0.15, -0.1) is 0 Å². The maximum atomic E-state index is 9.76. The lowest BCUT2D eigenvalue weighted by Gasteiger charge is -2.28. The number of hydrogen-bond acceptors (Lipinski definition) is 3. The van der Waals surface area contributed by atoms with Crippen molar-refractivity contribution in [3.63, 3.8) is 0 Å². The van der Waals surface area contributed by atoms with Crippen LogP contribution in [0.4, 0.5) is 0 Å². The van der Waals surface area contributed by atoms with E-state index in [4.69, 9.17) is 4.74 Å². The predicted molar refractivity (Wildman–Crippen MR) is 82.0 cm³/mol. The van der Waals surface area contributed by atoms with Crippen LogP contribution >= 0.6 is 0 Å². The Morgan fingerprint density at radius 3 is 2.85 bits per heavy atom. The minimum atomic E-state index is -0.429. The van der Waals surface area contributed by atoms with E-state index in [9.17, 15) is 5.11 Å². The lowest BCUT2D eigenvalue weighted by atomic mass is 10.0. The van der Waals surface area contributed by atoms with Crippen LogP contribution in [0, 0.1) is 0 Å². The Hall–Kier alpha value is -1.06. The van der Waals surface area contributed by atoms with Crippen molar-refractivity contribution >= 4 is 0 Å². The van der Waals surface area contributed by atoms with E-state index in [0.29, 0.717) is 6.04 Å². The number of ether oxygens (including phenoxy) is 1. The molecule has 1 aliphatic rings. The predicted octanol–water partition coefficient (Wildman–Crippen LogP) is 3.51. The molecule has 0 bridgehead atoms. The highest BCUT2D eigenvalue weighted by Crippen LogP contribution is 2.27. The van der Waals surface area contributed by atoms with Gasteiger partial charge in [0, 0.05) is 18.2 Å². The fraction of sp³-hybridized carbons (Fsp3) is 0.647. The average molecular weight is 277 g/mol. The molecule has 2 unspecified atom stereocenters.